The Balaban J connectivity index is 2.58. The van der Waals surface area contributed by atoms with Crippen molar-refractivity contribution in [2.75, 3.05) is 0 Å². The summed E-state index contributed by atoms with van der Waals surface area (Å²) in [5.74, 6) is -0.214. The number of hydrogen-bond donors (Lipinski definition) is 0. The summed E-state index contributed by atoms with van der Waals surface area (Å²) in [6.45, 7) is 3.60. The van der Waals surface area contributed by atoms with Gasteiger partial charge in [0.2, 0.25) is 0 Å². The van der Waals surface area contributed by atoms with Gasteiger partial charge in [-0.15, -0.1) is 11.3 Å². The molecule has 0 N–H and O–H groups in total. The first-order valence-electron chi connectivity index (χ1n) is 4.96. The van der Waals surface area contributed by atoms with Crippen LogP contribution in [0.4, 0.5) is 4.39 Å². The maximum absolute atomic E-state index is 13.6. The molecule has 0 aliphatic heterocycles. The third kappa shape index (κ3) is 1.23. The lowest BCUT2D eigenvalue weighted by Gasteiger charge is -2.05. The molecule has 2 nitrogen and oxygen atoms in total. The Labute approximate surface area is 95.8 Å². The lowest BCUT2D eigenvalue weighted by molar-refractivity contribution is 0.619. The first-order valence-corrected chi connectivity index (χ1v) is 5.90. The predicted molar refractivity (Wildman–Crippen MR) is 64.4 cm³/mol. The fourth-order valence-electron chi connectivity index (χ4n) is 1.81. The molecule has 80 valence electrons. The van der Waals surface area contributed by atoms with E-state index in [1.165, 1.54) is 6.07 Å². The Bertz CT molecular complexity index is 703. The number of halogens is 1. The Morgan fingerprint density at radius 3 is 2.38 bits per heavy atom. The Hall–Kier alpha value is -1.55. The molecule has 16 heavy (non-hydrogen) atoms. The number of aryl methyl sites for hydroxylation is 2. The Kier molecular flexibility index (Phi) is 1.94. The van der Waals surface area contributed by atoms with Crippen molar-refractivity contribution in [2.24, 2.45) is 0 Å². The third-order valence-electron chi connectivity index (χ3n) is 2.74. The lowest BCUT2D eigenvalue weighted by Crippen LogP contribution is -1.94. The molecular formula is C12H9FN2S. The van der Waals surface area contributed by atoms with Crippen molar-refractivity contribution in [3.63, 3.8) is 0 Å². The van der Waals surface area contributed by atoms with Crippen molar-refractivity contribution in [3.8, 4) is 0 Å². The normalized spacial score (nSPS) is 11.4. The van der Waals surface area contributed by atoms with E-state index in [2.05, 4.69) is 9.97 Å². The highest BCUT2D eigenvalue weighted by Crippen LogP contribution is 2.25. The minimum atomic E-state index is -0.214. The highest BCUT2D eigenvalue weighted by atomic mass is 32.1. The van der Waals surface area contributed by atoms with E-state index in [9.17, 15) is 4.39 Å². The van der Waals surface area contributed by atoms with E-state index in [1.54, 1.807) is 18.3 Å². The lowest BCUT2D eigenvalue weighted by atomic mass is 10.1. The molecule has 1 aromatic carbocycles. The molecular weight excluding hydrogens is 223 g/mol. The van der Waals surface area contributed by atoms with E-state index in [1.807, 2.05) is 17.7 Å². The van der Waals surface area contributed by atoms with Crippen molar-refractivity contribution in [1.82, 2.24) is 9.97 Å². The molecule has 3 aromatic rings. The summed E-state index contributed by atoms with van der Waals surface area (Å²) in [6, 6.07) is 1.52. The summed E-state index contributed by atoms with van der Waals surface area (Å²) in [5, 5.41) is 3.89. The standard InChI is InChI=1S/C12H9FN2S/c1-6-3-8(13)7(2)12-11(6)14-9-4-16-5-10(9)15-12/h3-5H,1-2H3. The molecule has 0 saturated heterocycles. The second-order valence-electron chi connectivity index (χ2n) is 3.86. The van der Waals surface area contributed by atoms with Gasteiger partial charge in [0, 0.05) is 16.3 Å². The van der Waals surface area contributed by atoms with Crippen molar-refractivity contribution in [3.05, 3.63) is 33.8 Å². The summed E-state index contributed by atoms with van der Waals surface area (Å²) in [5.41, 5.74) is 4.59. The van der Waals surface area contributed by atoms with E-state index in [-0.39, 0.29) is 5.82 Å². The van der Waals surface area contributed by atoms with Gasteiger partial charge in [0.15, 0.2) is 0 Å². The van der Waals surface area contributed by atoms with Crippen LogP contribution < -0.4 is 0 Å². The molecule has 3 rings (SSSR count). The molecule has 4 heteroatoms. The van der Waals surface area contributed by atoms with Crippen LogP contribution in [0.15, 0.2) is 16.8 Å². The number of nitrogens with zero attached hydrogens (tertiary/aromatic N) is 2. The van der Waals surface area contributed by atoms with Crippen molar-refractivity contribution >= 4 is 33.4 Å². The predicted octanol–water partition coefficient (Wildman–Crippen LogP) is 3.60. The number of thiophene rings is 1. The first kappa shape index (κ1) is 9.66. The molecule has 0 aliphatic carbocycles. The maximum atomic E-state index is 13.6. The summed E-state index contributed by atoms with van der Waals surface area (Å²) >= 11 is 1.56. The molecule has 0 radical (unpaired) electrons. The Morgan fingerprint density at radius 1 is 1.06 bits per heavy atom. The zero-order chi connectivity index (χ0) is 11.3. The van der Waals surface area contributed by atoms with Crippen LogP contribution >= 0.6 is 11.3 Å². The van der Waals surface area contributed by atoms with Gasteiger partial charge in [-0.2, -0.15) is 0 Å². The van der Waals surface area contributed by atoms with Crippen molar-refractivity contribution < 1.29 is 4.39 Å². The van der Waals surface area contributed by atoms with Gasteiger partial charge < -0.3 is 0 Å². The Morgan fingerprint density at radius 2 is 1.69 bits per heavy atom. The molecule has 0 atom stereocenters. The zero-order valence-corrected chi connectivity index (χ0v) is 9.73. The summed E-state index contributed by atoms with van der Waals surface area (Å²) < 4.78 is 13.6. The van der Waals surface area contributed by atoms with Gasteiger partial charge in [0.25, 0.3) is 0 Å². The number of fused-ring (bicyclic) bond motifs is 2. The molecule has 2 aromatic heterocycles. The topological polar surface area (TPSA) is 25.8 Å². The maximum Gasteiger partial charge on any atom is 0.128 e. The fourth-order valence-corrected chi connectivity index (χ4v) is 2.49. The van der Waals surface area contributed by atoms with Crippen LogP contribution in [0.2, 0.25) is 0 Å². The van der Waals surface area contributed by atoms with Crippen molar-refractivity contribution in [2.45, 2.75) is 13.8 Å². The molecule has 0 saturated carbocycles. The minimum Gasteiger partial charge on any atom is -0.243 e. The highest BCUT2D eigenvalue weighted by molar-refractivity contribution is 7.09. The minimum absolute atomic E-state index is 0.214. The van der Waals surface area contributed by atoms with E-state index >= 15 is 0 Å². The van der Waals surface area contributed by atoms with Crippen LogP contribution in [0, 0.1) is 19.7 Å². The molecule has 0 spiro atoms. The molecule has 0 fully saturated rings. The molecule has 0 bridgehead atoms. The largest absolute Gasteiger partial charge is 0.243 e. The fraction of sp³-hybridized carbons (Fsp3) is 0.167. The van der Waals surface area contributed by atoms with Gasteiger partial charge >= 0.3 is 0 Å². The molecule has 0 unspecified atom stereocenters. The van der Waals surface area contributed by atoms with E-state index in [0.29, 0.717) is 11.1 Å². The molecule has 2 heterocycles. The van der Waals surface area contributed by atoms with Crippen LogP contribution in [0.3, 0.4) is 0 Å². The molecule has 0 aliphatic rings. The van der Waals surface area contributed by atoms with E-state index in [4.69, 9.17) is 0 Å². The van der Waals surface area contributed by atoms with Crippen LogP contribution in [0.5, 0.6) is 0 Å². The number of rotatable bonds is 0. The quantitative estimate of drug-likeness (QED) is 0.592. The average Bonchev–Trinajstić information content (AvgIpc) is 2.71. The summed E-state index contributed by atoms with van der Waals surface area (Å²) in [7, 11) is 0. The van der Waals surface area contributed by atoms with Crippen molar-refractivity contribution in [1.29, 1.82) is 0 Å². The van der Waals surface area contributed by atoms with Gasteiger partial charge in [0.1, 0.15) is 16.9 Å². The third-order valence-corrected chi connectivity index (χ3v) is 3.46. The van der Waals surface area contributed by atoms with Crippen LogP contribution in [-0.2, 0) is 0 Å². The van der Waals surface area contributed by atoms with E-state index < -0.39 is 0 Å². The smallest absolute Gasteiger partial charge is 0.128 e. The second kappa shape index (κ2) is 3.22. The van der Waals surface area contributed by atoms with Gasteiger partial charge in [0.05, 0.1) is 11.0 Å². The number of hydrogen-bond acceptors (Lipinski definition) is 3. The SMILES string of the molecule is Cc1cc(F)c(C)c2nc3cscc3nc12. The number of benzene rings is 1. The summed E-state index contributed by atoms with van der Waals surface area (Å²) in [6.07, 6.45) is 0. The first-order chi connectivity index (χ1) is 7.66. The van der Waals surface area contributed by atoms with Gasteiger partial charge in [-0.3, -0.25) is 0 Å². The highest BCUT2D eigenvalue weighted by Gasteiger charge is 2.10. The average molecular weight is 232 g/mol. The van der Waals surface area contributed by atoms with E-state index in [0.717, 1.165) is 22.1 Å². The van der Waals surface area contributed by atoms with Gasteiger partial charge in [-0.25, -0.2) is 14.4 Å². The number of aromatic nitrogens is 2. The summed E-state index contributed by atoms with van der Waals surface area (Å²) in [4.78, 5) is 8.99. The van der Waals surface area contributed by atoms with Crippen LogP contribution in [0.1, 0.15) is 11.1 Å². The monoisotopic (exact) mass is 232 g/mol. The van der Waals surface area contributed by atoms with Crippen LogP contribution in [-0.4, -0.2) is 9.97 Å². The van der Waals surface area contributed by atoms with Crippen LogP contribution in [0.25, 0.3) is 22.1 Å². The van der Waals surface area contributed by atoms with Gasteiger partial charge in [-0.1, -0.05) is 0 Å². The second-order valence-corrected chi connectivity index (χ2v) is 4.61. The zero-order valence-electron chi connectivity index (χ0n) is 8.91. The van der Waals surface area contributed by atoms with Gasteiger partial charge in [-0.05, 0) is 25.5 Å². The molecule has 0 amide bonds.